The van der Waals surface area contributed by atoms with Crippen molar-refractivity contribution in [3.05, 3.63) is 29.8 Å². The molecule has 0 aliphatic carbocycles. The maximum atomic E-state index is 12.9. The third-order valence-electron chi connectivity index (χ3n) is 5.28. The summed E-state index contributed by atoms with van der Waals surface area (Å²) in [5.74, 6) is -0.814. The number of nitrogens with zero attached hydrogens (tertiary/aromatic N) is 2. The number of imide groups is 1. The minimum Gasteiger partial charge on any atom is -0.366 e. The molecule has 0 aromatic heterocycles. The number of rotatable bonds is 5. The molecule has 4 amide bonds. The summed E-state index contributed by atoms with van der Waals surface area (Å²) in [5, 5.41) is 2.37. The Labute approximate surface area is 163 Å². The molecule has 10 heteroatoms. The van der Waals surface area contributed by atoms with Crippen LogP contribution >= 0.6 is 0 Å². The molecule has 0 radical (unpaired) electrons. The van der Waals surface area contributed by atoms with E-state index in [-0.39, 0.29) is 48.2 Å². The fraction of sp³-hybridized carbons (Fsp3) is 0.500. The van der Waals surface area contributed by atoms with Crippen LogP contribution in [0.3, 0.4) is 0 Å². The first-order valence-corrected chi connectivity index (χ1v) is 10.5. The first-order chi connectivity index (χ1) is 13.1. The van der Waals surface area contributed by atoms with Crippen LogP contribution in [0.15, 0.2) is 29.2 Å². The second-order valence-corrected chi connectivity index (χ2v) is 9.53. The molecule has 28 heavy (non-hydrogen) atoms. The fourth-order valence-electron chi connectivity index (χ4n) is 3.75. The molecular formula is C18H24N4O5S. The normalized spacial score (nSPS) is 20.0. The lowest BCUT2D eigenvalue weighted by Crippen LogP contribution is -2.57. The summed E-state index contributed by atoms with van der Waals surface area (Å²) < 4.78 is 27.1. The Bertz CT molecular complexity index is 902. The lowest BCUT2D eigenvalue weighted by molar-refractivity contribution is -0.128. The number of carbonyl (C=O) groups excluding carboxylic acids is 3. The average molecular weight is 408 g/mol. The number of primary amides is 1. The number of piperidine rings is 1. The van der Waals surface area contributed by atoms with Crippen molar-refractivity contribution >= 4 is 27.9 Å². The van der Waals surface area contributed by atoms with Gasteiger partial charge in [-0.2, -0.15) is 4.31 Å². The third-order valence-corrected chi connectivity index (χ3v) is 7.19. The van der Waals surface area contributed by atoms with Crippen molar-refractivity contribution in [3.63, 3.8) is 0 Å². The topological polar surface area (TPSA) is 130 Å². The summed E-state index contributed by atoms with van der Waals surface area (Å²) in [6.45, 7) is 4.58. The minimum atomic E-state index is -3.78. The highest BCUT2D eigenvalue weighted by Crippen LogP contribution is 2.35. The molecule has 1 aromatic carbocycles. The monoisotopic (exact) mass is 408 g/mol. The molecule has 0 bridgehead atoms. The van der Waals surface area contributed by atoms with E-state index in [1.165, 1.54) is 28.6 Å². The van der Waals surface area contributed by atoms with Gasteiger partial charge in [-0.05, 0) is 43.0 Å². The smallest absolute Gasteiger partial charge is 0.325 e. The summed E-state index contributed by atoms with van der Waals surface area (Å²) in [7, 11) is -3.78. The quantitative estimate of drug-likeness (QED) is 0.686. The summed E-state index contributed by atoms with van der Waals surface area (Å²) in [5.41, 5.74) is 4.41. The van der Waals surface area contributed by atoms with Crippen LogP contribution in [0, 0.1) is 5.92 Å². The lowest BCUT2D eigenvalue weighted by atomic mass is 9.86. The molecule has 9 nitrogen and oxygen atoms in total. The van der Waals surface area contributed by atoms with Gasteiger partial charge in [0.1, 0.15) is 5.54 Å². The Morgan fingerprint density at radius 2 is 1.75 bits per heavy atom. The summed E-state index contributed by atoms with van der Waals surface area (Å²) >= 11 is 0. The lowest BCUT2D eigenvalue weighted by Gasteiger charge is -2.42. The SMILES string of the molecule is CC(C)CN1C(=O)NC(=O)C12CCN(S(=O)(=O)c1ccc(C(N)=O)cc1)CC2. The third kappa shape index (κ3) is 3.37. The first-order valence-electron chi connectivity index (χ1n) is 9.11. The van der Waals surface area contributed by atoms with Gasteiger partial charge in [0, 0.05) is 25.2 Å². The second kappa shape index (κ2) is 7.17. The molecule has 2 aliphatic rings. The van der Waals surface area contributed by atoms with Crippen molar-refractivity contribution in [2.24, 2.45) is 11.7 Å². The Morgan fingerprint density at radius 1 is 1.18 bits per heavy atom. The van der Waals surface area contributed by atoms with Crippen molar-refractivity contribution in [1.29, 1.82) is 0 Å². The van der Waals surface area contributed by atoms with E-state index in [1.807, 2.05) is 13.8 Å². The van der Waals surface area contributed by atoms with Gasteiger partial charge in [-0.25, -0.2) is 13.2 Å². The molecule has 0 saturated carbocycles. The molecule has 2 fully saturated rings. The van der Waals surface area contributed by atoms with E-state index in [0.717, 1.165) is 0 Å². The number of carbonyl (C=O) groups is 3. The second-order valence-electron chi connectivity index (χ2n) is 7.59. The molecule has 1 spiro atoms. The maximum Gasteiger partial charge on any atom is 0.325 e. The molecule has 152 valence electrons. The highest BCUT2D eigenvalue weighted by molar-refractivity contribution is 7.89. The Hall–Kier alpha value is -2.46. The molecule has 2 aliphatic heterocycles. The molecule has 0 unspecified atom stereocenters. The zero-order valence-electron chi connectivity index (χ0n) is 15.8. The van der Waals surface area contributed by atoms with Crippen molar-refractivity contribution in [1.82, 2.24) is 14.5 Å². The van der Waals surface area contributed by atoms with E-state index in [1.54, 1.807) is 4.90 Å². The van der Waals surface area contributed by atoms with Crippen LogP contribution in [0.1, 0.15) is 37.0 Å². The fourth-order valence-corrected chi connectivity index (χ4v) is 5.20. The number of hydrogen-bond acceptors (Lipinski definition) is 5. The number of benzene rings is 1. The van der Waals surface area contributed by atoms with E-state index in [4.69, 9.17) is 5.73 Å². The van der Waals surface area contributed by atoms with E-state index < -0.39 is 27.5 Å². The van der Waals surface area contributed by atoms with E-state index in [0.29, 0.717) is 6.54 Å². The van der Waals surface area contributed by atoms with Crippen molar-refractivity contribution < 1.29 is 22.8 Å². The molecule has 2 saturated heterocycles. The summed E-state index contributed by atoms with van der Waals surface area (Å²) in [6.07, 6.45) is 0.464. The predicted molar refractivity (Wildman–Crippen MR) is 101 cm³/mol. The number of hydrogen-bond donors (Lipinski definition) is 2. The van der Waals surface area contributed by atoms with Gasteiger partial charge in [0.05, 0.1) is 4.90 Å². The van der Waals surface area contributed by atoms with E-state index in [2.05, 4.69) is 5.32 Å². The number of urea groups is 1. The van der Waals surface area contributed by atoms with Crippen LogP contribution < -0.4 is 11.1 Å². The van der Waals surface area contributed by atoms with Crippen molar-refractivity contribution in [2.45, 2.75) is 37.1 Å². The number of nitrogens with two attached hydrogens (primary N) is 1. The van der Waals surface area contributed by atoms with Gasteiger partial charge in [0.25, 0.3) is 5.91 Å². The van der Waals surface area contributed by atoms with Gasteiger partial charge in [0.15, 0.2) is 0 Å². The molecule has 2 heterocycles. The van der Waals surface area contributed by atoms with Crippen LogP contribution in [0.25, 0.3) is 0 Å². The van der Waals surface area contributed by atoms with Crippen molar-refractivity contribution in [2.75, 3.05) is 19.6 Å². The largest absolute Gasteiger partial charge is 0.366 e. The van der Waals surface area contributed by atoms with Gasteiger partial charge < -0.3 is 10.6 Å². The summed E-state index contributed by atoms with van der Waals surface area (Å²) in [6, 6.07) is 5.01. The standard InChI is InChI=1S/C18H24N4O5S/c1-12(2)11-22-17(25)20-16(24)18(22)7-9-21(10-8-18)28(26,27)14-5-3-13(4-6-14)15(19)23/h3-6,12H,7-11H2,1-2H3,(H2,19,23)(H,20,24,25). The first kappa shape index (κ1) is 20.3. The zero-order valence-corrected chi connectivity index (χ0v) is 16.7. The highest BCUT2D eigenvalue weighted by Gasteiger charge is 2.54. The van der Waals surface area contributed by atoms with Gasteiger partial charge in [-0.1, -0.05) is 13.8 Å². The molecule has 0 atom stereocenters. The van der Waals surface area contributed by atoms with E-state index in [9.17, 15) is 22.8 Å². The maximum absolute atomic E-state index is 12.9. The van der Waals surface area contributed by atoms with Crippen LogP contribution in [-0.2, 0) is 14.8 Å². The highest BCUT2D eigenvalue weighted by atomic mass is 32.2. The molecule has 1 aromatic rings. The summed E-state index contributed by atoms with van der Waals surface area (Å²) in [4.78, 5) is 37.5. The number of sulfonamides is 1. The predicted octanol–water partition coefficient (Wildman–Crippen LogP) is 0.517. The number of amides is 4. The minimum absolute atomic E-state index is 0.0550. The molecule has 3 rings (SSSR count). The Kier molecular flexibility index (Phi) is 5.20. The number of nitrogens with one attached hydrogen (secondary N) is 1. The van der Waals surface area contributed by atoms with Crippen LogP contribution in [0.4, 0.5) is 4.79 Å². The zero-order chi connectivity index (χ0) is 20.7. The Morgan fingerprint density at radius 3 is 2.25 bits per heavy atom. The van der Waals surface area contributed by atoms with Crippen LogP contribution in [0.2, 0.25) is 0 Å². The van der Waals surface area contributed by atoms with Gasteiger partial charge in [-0.3, -0.25) is 14.9 Å². The van der Waals surface area contributed by atoms with Gasteiger partial charge in [0.2, 0.25) is 15.9 Å². The Balaban J connectivity index is 1.79. The van der Waals surface area contributed by atoms with E-state index >= 15 is 0 Å². The van der Waals surface area contributed by atoms with Gasteiger partial charge >= 0.3 is 6.03 Å². The van der Waals surface area contributed by atoms with Crippen LogP contribution in [-0.4, -0.2) is 60.6 Å². The average Bonchev–Trinajstić information content (AvgIpc) is 2.86. The van der Waals surface area contributed by atoms with Crippen LogP contribution in [0.5, 0.6) is 0 Å². The van der Waals surface area contributed by atoms with Crippen molar-refractivity contribution in [3.8, 4) is 0 Å². The van der Waals surface area contributed by atoms with Gasteiger partial charge in [-0.15, -0.1) is 0 Å². The molecule has 3 N–H and O–H groups in total. The molecular weight excluding hydrogens is 384 g/mol.